The summed E-state index contributed by atoms with van der Waals surface area (Å²) >= 11 is 0. The van der Waals surface area contributed by atoms with Crippen LogP contribution in [0.5, 0.6) is 23.0 Å². The Morgan fingerprint density at radius 1 is 0.971 bits per heavy atom. The van der Waals surface area contributed by atoms with Crippen LogP contribution in [0.3, 0.4) is 0 Å². The van der Waals surface area contributed by atoms with E-state index in [1.807, 2.05) is 0 Å². The lowest BCUT2D eigenvalue weighted by molar-refractivity contribution is -0.394. The van der Waals surface area contributed by atoms with Gasteiger partial charge in [-0.05, 0) is 55.0 Å². The van der Waals surface area contributed by atoms with Crippen molar-refractivity contribution in [2.24, 2.45) is 5.10 Å². The number of carbonyl (C=O) groups is 1. The van der Waals surface area contributed by atoms with Gasteiger partial charge in [0.25, 0.3) is 17.3 Å². The van der Waals surface area contributed by atoms with Crippen molar-refractivity contribution in [3.05, 3.63) is 92.0 Å². The van der Waals surface area contributed by atoms with Crippen LogP contribution in [0.1, 0.15) is 22.8 Å². The molecule has 1 aliphatic rings. The van der Waals surface area contributed by atoms with Gasteiger partial charge in [0.2, 0.25) is 6.79 Å². The number of rotatable bonds is 8. The Morgan fingerprint density at radius 3 is 2.26 bits per heavy atom. The highest BCUT2D eigenvalue weighted by Crippen LogP contribution is 2.32. The molecule has 35 heavy (non-hydrogen) atoms. The van der Waals surface area contributed by atoms with Crippen molar-refractivity contribution < 1.29 is 28.9 Å². The molecule has 12 nitrogen and oxygen atoms in total. The van der Waals surface area contributed by atoms with E-state index in [9.17, 15) is 25.0 Å². The number of fused-ring (bicyclic) bond motifs is 1. The standard InChI is InChI=1S/C23H18N4O8/c1-2-25(24-13-15-3-8-21-22(9-15)34-14-33-21)23(28)16-4-6-19(7-5-16)35-20-11-17(26(29)30)10-18(12-20)27(31)32/h3-13H,2,14H2,1H3/b24-13+. The SMILES string of the molecule is CCN(/N=C/c1ccc2c(c1)OCO2)C(=O)c1ccc(Oc2cc([N+](=O)[O-])cc([N+](=O)[O-])c2)cc1. The first-order valence-electron chi connectivity index (χ1n) is 10.3. The number of hydrazone groups is 1. The molecule has 3 aromatic carbocycles. The van der Waals surface area contributed by atoms with Crippen LogP contribution in [0, 0.1) is 20.2 Å². The summed E-state index contributed by atoms with van der Waals surface area (Å²) in [6.45, 7) is 2.25. The van der Waals surface area contributed by atoms with Gasteiger partial charge in [0.1, 0.15) is 11.5 Å². The van der Waals surface area contributed by atoms with Gasteiger partial charge in [0.15, 0.2) is 11.5 Å². The highest BCUT2D eigenvalue weighted by Gasteiger charge is 2.18. The number of hydrogen-bond donors (Lipinski definition) is 0. The van der Waals surface area contributed by atoms with Crippen LogP contribution in [0.15, 0.2) is 65.8 Å². The summed E-state index contributed by atoms with van der Waals surface area (Å²) in [5.41, 5.74) is 0.113. The average molecular weight is 478 g/mol. The van der Waals surface area contributed by atoms with E-state index in [2.05, 4.69) is 5.10 Å². The van der Waals surface area contributed by atoms with Crippen molar-refractivity contribution in [3.63, 3.8) is 0 Å². The quantitative estimate of drug-likeness (QED) is 0.261. The lowest BCUT2D eigenvalue weighted by Gasteiger charge is -2.15. The molecule has 0 unspecified atom stereocenters. The highest BCUT2D eigenvalue weighted by molar-refractivity contribution is 5.95. The first-order chi connectivity index (χ1) is 16.8. The normalized spacial score (nSPS) is 11.9. The maximum Gasteiger partial charge on any atom is 0.280 e. The Bertz CT molecular complexity index is 1290. The first kappa shape index (κ1) is 23.2. The van der Waals surface area contributed by atoms with Crippen LogP contribution in [-0.2, 0) is 0 Å². The first-order valence-corrected chi connectivity index (χ1v) is 10.3. The van der Waals surface area contributed by atoms with Crippen molar-refractivity contribution in [3.8, 4) is 23.0 Å². The Hall–Kier alpha value is -5.00. The number of amides is 1. The van der Waals surface area contributed by atoms with Crippen LogP contribution in [0.25, 0.3) is 0 Å². The minimum absolute atomic E-state index is 0.0755. The molecule has 0 N–H and O–H groups in total. The smallest absolute Gasteiger partial charge is 0.280 e. The number of nitrogens with zero attached hydrogens (tertiary/aromatic N) is 4. The molecule has 0 atom stereocenters. The zero-order valence-corrected chi connectivity index (χ0v) is 18.3. The molecule has 0 aliphatic carbocycles. The zero-order valence-electron chi connectivity index (χ0n) is 18.3. The molecule has 1 amide bonds. The van der Waals surface area contributed by atoms with Gasteiger partial charge in [-0.1, -0.05) is 0 Å². The van der Waals surface area contributed by atoms with Crippen molar-refractivity contribution in [2.45, 2.75) is 6.92 Å². The predicted molar refractivity (Wildman–Crippen MR) is 123 cm³/mol. The number of nitro benzene ring substituents is 2. The van der Waals surface area contributed by atoms with Gasteiger partial charge < -0.3 is 14.2 Å². The topological polar surface area (TPSA) is 147 Å². The summed E-state index contributed by atoms with van der Waals surface area (Å²) in [5.74, 6) is 1.05. The molecule has 0 saturated carbocycles. The molecule has 0 saturated heterocycles. The molecular formula is C23H18N4O8. The van der Waals surface area contributed by atoms with Crippen LogP contribution >= 0.6 is 0 Å². The number of ether oxygens (including phenoxy) is 3. The van der Waals surface area contributed by atoms with Gasteiger partial charge in [-0.2, -0.15) is 5.10 Å². The second kappa shape index (κ2) is 9.87. The number of benzene rings is 3. The molecule has 0 radical (unpaired) electrons. The van der Waals surface area contributed by atoms with Gasteiger partial charge in [-0.15, -0.1) is 0 Å². The van der Waals surface area contributed by atoms with Crippen LogP contribution in [0.2, 0.25) is 0 Å². The molecule has 4 rings (SSSR count). The molecule has 1 aliphatic heterocycles. The van der Waals surface area contributed by atoms with Crippen molar-refractivity contribution in [2.75, 3.05) is 13.3 Å². The summed E-state index contributed by atoms with van der Waals surface area (Å²) in [7, 11) is 0. The maximum absolute atomic E-state index is 12.9. The monoisotopic (exact) mass is 478 g/mol. The third-order valence-electron chi connectivity index (χ3n) is 4.91. The van der Waals surface area contributed by atoms with E-state index in [-0.39, 0.29) is 24.2 Å². The van der Waals surface area contributed by atoms with Gasteiger partial charge in [0.05, 0.1) is 34.3 Å². The maximum atomic E-state index is 12.9. The Kier molecular flexibility index (Phi) is 6.53. The van der Waals surface area contributed by atoms with Crippen LogP contribution in [0.4, 0.5) is 11.4 Å². The number of hydrogen-bond acceptors (Lipinski definition) is 9. The molecule has 0 fully saturated rings. The third-order valence-corrected chi connectivity index (χ3v) is 4.91. The summed E-state index contributed by atoms with van der Waals surface area (Å²) < 4.78 is 16.1. The fraction of sp³-hybridized carbons (Fsp3) is 0.130. The van der Waals surface area contributed by atoms with Crippen molar-refractivity contribution in [1.82, 2.24) is 5.01 Å². The zero-order chi connectivity index (χ0) is 24.9. The minimum Gasteiger partial charge on any atom is -0.457 e. The second-order valence-corrected chi connectivity index (χ2v) is 7.20. The average Bonchev–Trinajstić information content (AvgIpc) is 3.32. The second-order valence-electron chi connectivity index (χ2n) is 7.20. The highest BCUT2D eigenvalue weighted by atomic mass is 16.7. The summed E-state index contributed by atoms with van der Waals surface area (Å²) in [6.07, 6.45) is 1.54. The van der Waals surface area contributed by atoms with E-state index in [1.54, 1.807) is 25.1 Å². The van der Waals surface area contributed by atoms with Gasteiger partial charge in [-0.25, -0.2) is 5.01 Å². The summed E-state index contributed by atoms with van der Waals surface area (Å²) in [5, 5.41) is 27.6. The van der Waals surface area contributed by atoms with Gasteiger partial charge >= 0.3 is 0 Å². The lowest BCUT2D eigenvalue weighted by atomic mass is 10.2. The molecule has 178 valence electrons. The molecule has 3 aromatic rings. The lowest BCUT2D eigenvalue weighted by Crippen LogP contribution is -2.25. The third kappa shape index (κ3) is 5.33. The predicted octanol–water partition coefficient (Wildman–Crippen LogP) is 4.52. The Morgan fingerprint density at radius 2 is 1.63 bits per heavy atom. The number of non-ortho nitro benzene ring substituents is 2. The molecular weight excluding hydrogens is 460 g/mol. The van der Waals surface area contributed by atoms with E-state index in [1.165, 1.54) is 35.5 Å². The van der Waals surface area contributed by atoms with Gasteiger partial charge in [0, 0.05) is 12.1 Å². The Balaban J connectivity index is 1.47. The molecule has 0 spiro atoms. The van der Waals surface area contributed by atoms with E-state index in [4.69, 9.17) is 14.2 Å². The van der Waals surface area contributed by atoms with Crippen molar-refractivity contribution >= 4 is 23.5 Å². The fourth-order valence-corrected chi connectivity index (χ4v) is 3.20. The Labute approximate surface area is 198 Å². The largest absolute Gasteiger partial charge is 0.457 e. The van der Waals surface area contributed by atoms with Gasteiger partial charge in [-0.3, -0.25) is 25.0 Å². The van der Waals surface area contributed by atoms with E-state index >= 15 is 0 Å². The van der Waals surface area contributed by atoms with Crippen molar-refractivity contribution in [1.29, 1.82) is 0 Å². The fourth-order valence-electron chi connectivity index (χ4n) is 3.20. The van der Waals surface area contributed by atoms with E-state index in [0.29, 0.717) is 23.6 Å². The van der Waals surface area contributed by atoms with Crippen LogP contribution < -0.4 is 14.2 Å². The number of carbonyl (C=O) groups excluding carboxylic acids is 1. The molecule has 0 bridgehead atoms. The van der Waals surface area contributed by atoms with E-state index < -0.39 is 21.2 Å². The van der Waals surface area contributed by atoms with Crippen LogP contribution in [-0.4, -0.2) is 40.3 Å². The molecule has 1 heterocycles. The number of nitro groups is 2. The molecule has 0 aromatic heterocycles. The molecule has 12 heteroatoms. The minimum atomic E-state index is -0.745. The van der Waals surface area contributed by atoms with E-state index in [0.717, 1.165) is 23.8 Å². The summed E-state index contributed by atoms with van der Waals surface area (Å²) in [6, 6.07) is 14.3. The summed E-state index contributed by atoms with van der Waals surface area (Å²) in [4.78, 5) is 33.5.